The molecule has 7 heteroatoms. The summed E-state index contributed by atoms with van der Waals surface area (Å²) in [6.07, 6.45) is 1.68. The van der Waals surface area contributed by atoms with Gasteiger partial charge in [0, 0.05) is 35.3 Å². The number of nitrogens with two attached hydrogens (primary N) is 1. The Hall–Kier alpha value is -3.32. The molecule has 29 heavy (non-hydrogen) atoms. The van der Waals surface area contributed by atoms with Gasteiger partial charge in [-0.1, -0.05) is 18.2 Å². The summed E-state index contributed by atoms with van der Waals surface area (Å²) in [6.45, 7) is 5.96. The predicted molar refractivity (Wildman–Crippen MR) is 111 cm³/mol. The molecule has 0 bridgehead atoms. The Morgan fingerprint density at radius 2 is 1.76 bits per heavy atom. The lowest BCUT2D eigenvalue weighted by Gasteiger charge is -2.33. The largest absolute Gasteiger partial charge is 0.368 e. The van der Waals surface area contributed by atoms with E-state index in [4.69, 9.17) is 10.5 Å². The summed E-state index contributed by atoms with van der Waals surface area (Å²) in [7, 11) is 0. The van der Waals surface area contributed by atoms with Gasteiger partial charge in [-0.25, -0.2) is 9.97 Å². The van der Waals surface area contributed by atoms with Crippen molar-refractivity contribution in [2.75, 3.05) is 24.6 Å². The van der Waals surface area contributed by atoms with E-state index in [0.29, 0.717) is 18.7 Å². The van der Waals surface area contributed by atoms with E-state index in [1.807, 2.05) is 50.4 Å². The monoisotopic (exact) mass is 389 g/mol. The Kier molecular flexibility index (Phi) is 5.22. The van der Waals surface area contributed by atoms with E-state index in [1.165, 1.54) is 0 Å². The standard InChI is InChI=1S/C22H23N5O2/c1-14-11-15(2)26-22(25-14)27-9-10-29-20(13-27)19-8-7-18(12-24-19)16-3-5-17(6-4-16)21(23)28/h3-8,11-12,20H,9-10,13H2,1-2H3,(H2,23,28)/t20-/m1/s1. The van der Waals surface area contributed by atoms with Crippen LogP contribution < -0.4 is 10.6 Å². The number of ether oxygens (including phenoxy) is 1. The molecule has 0 radical (unpaired) electrons. The van der Waals surface area contributed by atoms with Crippen LogP contribution in [0.2, 0.25) is 0 Å². The topological polar surface area (TPSA) is 94.2 Å². The third-order valence-electron chi connectivity index (χ3n) is 4.94. The molecule has 7 nitrogen and oxygen atoms in total. The van der Waals surface area contributed by atoms with Gasteiger partial charge in [-0.15, -0.1) is 0 Å². The fourth-order valence-corrected chi connectivity index (χ4v) is 3.45. The minimum absolute atomic E-state index is 0.139. The highest BCUT2D eigenvalue weighted by molar-refractivity contribution is 5.93. The summed E-state index contributed by atoms with van der Waals surface area (Å²) < 4.78 is 5.95. The highest BCUT2D eigenvalue weighted by atomic mass is 16.5. The predicted octanol–water partition coefficient (Wildman–Crippen LogP) is 2.83. The zero-order valence-corrected chi connectivity index (χ0v) is 16.5. The molecule has 0 spiro atoms. The van der Waals surface area contributed by atoms with Crippen molar-refractivity contribution in [3.8, 4) is 11.1 Å². The normalized spacial score (nSPS) is 16.6. The number of carbonyl (C=O) groups excluding carboxylic acids is 1. The molecule has 1 aromatic carbocycles. The van der Waals surface area contributed by atoms with Crippen molar-refractivity contribution in [2.45, 2.75) is 20.0 Å². The number of primary amides is 1. The van der Waals surface area contributed by atoms with Gasteiger partial charge in [0.05, 0.1) is 18.8 Å². The maximum absolute atomic E-state index is 11.2. The van der Waals surface area contributed by atoms with E-state index in [0.717, 1.165) is 40.7 Å². The first kappa shape index (κ1) is 19.0. The second-order valence-electron chi connectivity index (χ2n) is 7.17. The molecule has 1 aliphatic heterocycles. The number of rotatable bonds is 4. The van der Waals surface area contributed by atoms with Gasteiger partial charge in [0.2, 0.25) is 11.9 Å². The van der Waals surface area contributed by atoms with Gasteiger partial charge in [-0.2, -0.15) is 0 Å². The minimum atomic E-state index is -0.434. The lowest BCUT2D eigenvalue weighted by atomic mass is 10.0. The zero-order chi connectivity index (χ0) is 20.4. The van der Waals surface area contributed by atoms with E-state index in [2.05, 4.69) is 19.9 Å². The van der Waals surface area contributed by atoms with Crippen molar-refractivity contribution in [3.63, 3.8) is 0 Å². The number of morpholine rings is 1. The number of aromatic nitrogens is 3. The second-order valence-corrected chi connectivity index (χ2v) is 7.17. The molecule has 3 heterocycles. The van der Waals surface area contributed by atoms with Crippen molar-refractivity contribution in [1.29, 1.82) is 0 Å². The Labute approximate surface area is 169 Å². The SMILES string of the molecule is Cc1cc(C)nc(N2CCO[C@@H](c3ccc(-c4ccc(C(N)=O)cc4)cn3)C2)n1. The van der Waals surface area contributed by atoms with Crippen molar-refractivity contribution >= 4 is 11.9 Å². The summed E-state index contributed by atoms with van der Waals surface area (Å²) in [5.41, 5.74) is 10.5. The minimum Gasteiger partial charge on any atom is -0.368 e. The van der Waals surface area contributed by atoms with E-state index in [1.54, 1.807) is 12.1 Å². The Bertz CT molecular complexity index is 998. The first-order valence-corrected chi connectivity index (χ1v) is 9.54. The van der Waals surface area contributed by atoms with Gasteiger partial charge in [0.1, 0.15) is 6.10 Å². The molecule has 0 aliphatic carbocycles. The van der Waals surface area contributed by atoms with Crippen LogP contribution in [0.25, 0.3) is 11.1 Å². The number of pyridine rings is 1. The quantitative estimate of drug-likeness (QED) is 0.737. The third-order valence-corrected chi connectivity index (χ3v) is 4.94. The molecule has 2 N–H and O–H groups in total. The molecule has 1 atom stereocenters. The molecule has 3 aromatic rings. The summed E-state index contributed by atoms with van der Waals surface area (Å²) >= 11 is 0. The maximum atomic E-state index is 11.2. The molecule has 1 aliphatic rings. The van der Waals surface area contributed by atoms with Crippen LogP contribution in [0.5, 0.6) is 0 Å². The number of hydrogen-bond donors (Lipinski definition) is 1. The first-order valence-electron chi connectivity index (χ1n) is 9.54. The number of aryl methyl sites for hydroxylation is 2. The molecule has 1 saturated heterocycles. The second kappa shape index (κ2) is 7.97. The van der Waals surface area contributed by atoms with Gasteiger partial charge in [-0.05, 0) is 43.7 Å². The summed E-state index contributed by atoms with van der Waals surface area (Å²) in [5.74, 6) is 0.304. The lowest BCUT2D eigenvalue weighted by molar-refractivity contribution is 0.0364. The fourth-order valence-electron chi connectivity index (χ4n) is 3.45. The molecular formula is C22H23N5O2. The third kappa shape index (κ3) is 4.25. The number of benzene rings is 1. The average Bonchev–Trinajstić information content (AvgIpc) is 2.73. The van der Waals surface area contributed by atoms with Crippen molar-refractivity contribution in [2.24, 2.45) is 5.73 Å². The smallest absolute Gasteiger partial charge is 0.248 e. The lowest BCUT2D eigenvalue weighted by Crippen LogP contribution is -2.39. The number of amides is 1. The first-order chi connectivity index (χ1) is 14.0. The van der Waals surface area contributed by atoms with Crippen LogP contribution in [0.15, 0.2) is 48.7 Å². The highest BCUT2D eigenvalue weighted by Gasteiger charge is 2.25. The summed E-state index contributed by atoms with van der Waals surface area (Å²) in [4.78, 5) is 27.1. The average molecular weight is 389 g/mol. The summed E-state index contributed by atoms with van der Waals surface area (Å²) in [6, 6.07) is 13.1. The van der Waals surface area contributed by atoms with Crippen molar-refractivity contribution in [3.05, 3.63) is 71.3 Å². The molecule has 0 saturated carbocycles. The molecule has 1 amide bonds. The zero-order valence-electron chi connectivity index (χ0n) is 16.5. The molecule has 148 valence electrons. The molecule has 2 aromatic heterocycles. The van der Waals surface area contributed by atoms with Crippen molar-refractivity contribution in [1.82, 2.24) is 15.0 Å². The van der Waals surface area contributed by atoms with Crippen LogP contribution in [-0.2, 0) is 4.74 Å². The number of nitrogens with zero attached hydrogens (tertiary/aromatic N) is 4. The van der Waals surface area contributed by atoms with Gasteiger partial charge < -0.3 is 15.4 Å². The molecule has 1 fully saturated rings. The Morgan fingerprint density at radius 1 is 1.07 bits per heavy atom. The molecular weight excluding hydrogens is 366 g/mol. The van der Waals surface area contributed by atoms with Gasteiger partial charge >= 0.3 is 0 Å². The van der Waals surface area contributed by atoms with E-state index < -0.39 is 5.91 Å². The van der Waals surface area contributed by atoms with Gasteiger partial charge in [-0.3, -0.25) is 9.78 Å². The number of anilines is 1. The van der Waals surface area contributed by atoms with Gasteiger partial charge in [0.15, 0.2) is 0 Å². The van der Waals surface area contributed by atoms with Crippen molar-refractivity contribution < 1.29 is 9.53 Å². The number of hydrogen-bond acceptors (Lipinski definition) is 6. The number of carbonyl (C=O) groups is 1. The summed E-state index contributed by atoms with van der Waals surface area (Å²) in [5, 5.41) is 0. The molecule has 4 rings (SSSR count). The molecule has 0 unspecified atom stereocenters. The fraction of sp³-hybridized carbons (Fsp3) is 0.273. The van der Waals surface area contributed by atoms with E-state index in [9.17, 15) is 4.79 Å². The maximum Gasteiger partial charge on any atom is 0.248 e. The van der Waals surface area contributed by atoms with E-state index in [-0.39, 0.29) is 6.10 Å². The Balaban J connectivity index is 1.50. The van der Waals surface area contributed by atoms with Crippen LogP contribution in [0.3, 0.4) is 0 Å². The van der Waals surface area contributed by atoms with Crippen LogP contribution >= 0.6 is 0 Å². The van der Waals surface area contributed by atoms with Crippen LogP contribution in [0.1, 0.15) is 33.5 Å². The Morgan fingerprint density at radius 3 is 2.38 bits per heavy atom. The highest BCUT2D eigenvalue weighted by Crippen LogP contribution is 2.26. The van der Waals surface area contributed by atoms with Crippen LogP contribution in [0, 0.1) is 13.8 Å². The van der Waals surface area contributed by atoms with E-state index >= 15 is 0 Å². The van der Waals surface area contributed by atoms with Crippen LogP contribution in [0.4, 0.5) is 5.95 Å². The van der Waals surface area contributed by atoms with Crippen LogP contribution in [-0.4, -0.2) is 40.6 Å². The van der Waals surface area contributed by atoms with Gasteiger partial charge in [0.25, 0.3) is 0 Å².